The molecule has 1 aromatic carbocycles. The van der Waals surface area contributed by atoms with Crippen molar-refractivity contribution < 1.29 is 18.7 Å². The molecular weight excluding hydrogens is 330 g/mol. The molecule has 1 heterocycles. The zero-order valence-electron chi connectivity index (χ0n) is 14.2. The standard InChI is InChI=1S/C16H21N3O4S/c1-5-19(6-2)14(20)10-24-16-18-17-15(23-16)12-8-7-11(21-3)9-13(12)22-4/h7-9H,5-6,10H2,1-4H3. The Morgan fingerprint density at radius 3 is 2.58 bits per heavy atom. The van der Waals surface area contributed by atoms with Gasteiger partial charge in [0.05, 0.1) is 25.5 Å². The summed E-state index contributed by atoms with van der Waals surface area (Å²) in [5.74, 6) is 1.91. The first-order valence-electron chi connectivity index (χ1n) is 7.59. The Hall–Kier alpha value is -2.22. The van der Waals surface area contributed by atoms with E-state index in [1.165, 1.54) is 11.8 Å². The number of aromatic nitrogens is 2. The molecule has 130 valence electrons. The van der Waals surface area contributed by atoms with Crippen molar-refractivity contribution in [2.24, 2.45) is 0 Å². The first-order valence-corrected chi connectivity index (χ1v) is 8.57. The van der Waals surface area contributed by atoms with Crippen LogP contribution in [0.4, 0.5) is 0 Å². The topological polar surface area (TPSA) is 77.7 Å². The second kappa shape index (κ2) is 8.58. The third kappa shape index (κ3) is 4.19. The summed E-state index contributed by atoms with van der Waals surface area (Å²) in [6, 6.07) is 5.33. The lowest BCUT2D eigenvalue weighted by atomic mass is 10.2. The summed E-state index contributed by atoms with van der Waals surface area (Å²) >= 11 is 1.23. The van der Waals surface area contributed by atoms with Crippen molar-refractivity contribution in [1.29, 1.82) is 0 Å². The zero-order chi connectivity index (χ0) is 17.5. The summed E-state index contributed by atoms with van der Waals surface area (Å²) in [5, 5.41) is 8.36. The fourth-order valence-electron chi connectivity index (χ4n) is 2.14. The summed E-state index contributed by atoms with van der Waals surface area (Å²) < 4.78 is 16.1. The molecule has 1 amide bonds. The molecule has 0 fully saturated rings. The van der Waals surface area contributed by atoms with Gasteiger partial charge in [-0.15, -0.1) is 10.2 Å². The minimum absolute atomic E-state index is 0.0479. The van der Waals surface area contributed by atoms with E-state index in [4.69, 9.17) is 13.9 Å². The normalized spacial score (nSPS) is 10.5. The molecule has 0 spiro atoms. The van der Waals surface area contributed by atoms with E-state index < -0.39 is 0 Å². The molecule has 2 rings (SSSR count). The third-order valence-corrected chi connectivity index (χ3v) is 4.28. The van der Waals surface area contributed by atoms with Crippen molar-refractivity contribution in [2.75, 3.05) is 33.1 Å². The number of methoxy groups -OCH3 is 2. The van der Waals surface area contributed by atoms with Crippen molar-refractivity contribution in [3.63, 3.8) is 0 Å². The van der Waals surface area contributed by atoms with Gasteiger partial charge in [-0.1, -0.05) is 11.8 Å². The number of thioether (sulfide) groups is 1. The van der Waals surface area contributed by atoms with Gasteiger partial charge >= 0.3 is 0 Å². The van der Waals surface area contributed by atoms with E-state index in [0.717, 1.165) is 0 Å². The van der Waals surface area contributed by atoms with Crippen LogP contribution in [0.25, 0.3) is 11.5 Å². The van der Waals surface area contributed by atoms with Gasteiger partial charge in [0.2, 0.25) is 5.91 Å². The number of hydrogen-bond donors (Lipinski definition) is 0. The average molecular weight is 351 g/mol. The molecule has 0 N–H and O–H groups in total. The van der Waals surface area contributed by atoms with Crippen LogP contribution in [0.5, 0.6) is 11.5 Å². The predicted octanol–water partition coefficient (Wildman–Crippen LogP) is 2.71. The largest absolute Gasteiger partial charge is 0.497 e. The van der Waals surface area contributed by atoms with Crippen LogP contribution in [-0.4, -0.2) is 54.1 Å². The number of carbonyl (C=O) groups is 1. The first kappa shape index (κ1) is 18.1. The summed E-state index contributed by atoms with van der Waals surface area (Å²) in [6.45, 7) is 5.28. The highest BCUT2D eigenvalue weighted by Crippen LogP contribution is 2.33. The van der Waals surface area contributed by atoms with E-state index >= 15 is 0 Å². The van der Waals surface area contributed by atoms with Crippen molar-refractivity contribution in [1.82, 2.24) is 15.1 Å². The average Bonchev–Trinajstić information content (AvgIpc) is 3.09. The molecule has 0 saturated heterocycles. The Balaban J connectivity index is 2.09. The SMILES string of the molecule is CCN(CC)C(=O)CSc1nnc(-c2ccc(OC)cc2OC)o1. The summed E-state index contributed by atoms with van der Waals surface area (Å²) in [4.78, 5) is 13.8. The van der Waals surface area contributed by atoms with Crippen LogP contribution in [0.2, 0.25) is 0 Å². The highest BCUT2D eigenvalue weighted by atomic mass is 32.2. The van der Waals surface area contributed by atoms with E-state index in [1.807, 2.05) is 13.8 Å². The lowest BCUT2D eigenvalue weighted by Gasteiger charge is -2.17. The molecule has 0 atom stereocenters. The Bertz CT molecular complexity index is 686. The second-order valence-corrected chi connectivity index (χ2v) is 5.72. The molecular formula is C16H21N3O4S. The van der Waals surface area contributed by atoms with Crippen LogP contribution in [0.15, 0.2) is 27.8 Å². The van der Waals surface area contributed by atoms with Crippen molar-refractivity contribution in [2.45, 2.75) is 19.1 Å². The van der Waals surface area contributed by atoms with Crippen molar-refractivity contribution >= 4 is 17.7 Å². The number of benzene rings is 1. The minimum Gasteiger partial charge on any atom is -0.497 e. The monoisotopic (exact) mass is 351 g/mol. The zero-order valence-corrected chi connectivity index (χ0v) is 15.1. The van der Waals surface area contributed by atoms with Crippen molar-refractivity contribution in [3.05, 3.63) is 18.2 Å². The number of nitrogens with zero attached hydrogens (tertiary/aromatic N) is 3. The number of carbonyl (C=O) groups excluding carboxylic acids is 1. The van der Waals surface area contributed by atoms with Gasteiger partial charge in [-0.25, -0.2) is 0 Å². The molecule has 0 bridgehead atoms. The smallest absolute Gasteiger partial charge is 0.277 e. The maximum absolute atomic E-state index is 12.0. The maximum Gasteiger partial charge on any atom is 0.277 e. The predicted molar refractivity (Wildman–Crippen MR) is 91.5 cm³/mol. The van der Waals surface area contributed by atoms with Gasteiger partial charge in [-0.2, -0.15) is 0 Å². The fraction of sp³-hybridized carbons (Fsp3) is 0.438. The molecule has 2 aromatic rings. The highest BCUT2D eigenvalue weighted by Gasteiger charge is 2.17. The fourth-order valence-corrected chi connectivity index (χ4v) is 2.81. The van der Waals surface area contributed by atoms with Gasteiger partial charge in [-0.05, 0) is 26.0 Å². The quantitative estimate of drug-likeness (QED) is 0.677. The van der Waals surface area contributed by atoms with Crippen molar-refractivity contribution in [3.8, 4) is 23.0 Å². The van der Waals surface area contributed by atoms with Crippen LogP contribution in [0.3, 0.4) is 0 Å². The lowest BCUT2D eigenvalue weighted by Crippen LogP contribution is -2.31. The Morgan fingerprint density at radius 1 is 1.21 bits per heavy atom. The van der Waals surface area contributed by atoms with Crippen LogP contribution >= 0.6 is 11.8 Å². The van der Waals surface area contributed by atoms with Gasteiger partial charge < -0.3 is 18.8 Å². The molecule has 0 radical (unpaired) electrons. The van der Waals surface area contributed by atoms with Crippen LogP contribution in [-0.2, 0) is 4.79 Å². The van der Waals surface area contributed by atoms with Crippen LogP contribution in [0.1, 0.15) is 13.8 Å². The van der Waals surface area contributed by atoms with Gasteiger partial charge in [0.15, 0.2) is 0 Å². The highest BCUT2D eigenvalue weighted by molar-refractivity contribution is 7.99. The molecule has 7 nitrogen and oxygen atoms in total. The number of hydrogen-bond acceptors (Lipinski definition) is 7. The summed E-state index contributed by atoms with van der Waals surface area (Å²) in [5.41, 5.74) is 0.674. The Kier molecular flexibility index (Phi) is 6.48. The second-order valence-electron chi connectivity index (χ2n) is 4.79. The van der Waals surface area contributed by atoms with Crippen LogP contribution in [0, 0.1) is 0 Å². The molecule has 1 aromatic heterocycles. The maximum atomic E-state index is 12.0. The first-order chi connectivity index (χ1) is 11.6. The number of rotatable bonds is 8. The van der Waals surface area contributed by atoms with E-state index in [1.54, 1.807) is 37.3 Å². The molecule has 24 heavy (non-hydrogen) atoms. The molecule has 0 aliphatic rings. The molecule has 0 unspecified atom stereocenters. The minimum atomic E-state index is 0.0479. The van der Waals surface area contributed by atoms with Gasteiger partial charge in [0, 0.05) is 19.2 Å². The molecule has 0 aliphatic heterocycles. The number of amides is 1. The van der Waals surface area contributed by atoms with E-state index in [9.17, 15) is 4.79 Å². The summed E-state index contributed by atoms with van der Waals surface area (Å²) in [7, 11) is 3.15. The Labute approximate surface area is 145 Å². The molecule has 0 saturated carbocycles. The number of ether oxygens (including phenoxy) is 2. The van der Waals surface area contributed by atoms with E-state index in [-0.39, 0.29) is 11.7 Å². The lowest BCUT2D eigenvalue weighted by molar-refractivity contribution is -0.127. The molecule has 8 heteroatoms. The van der Waals surface area contributed by atoms with Crippen LogP contribution < -0.4 is 9.47 Å². The van der Waals surface area contributed by atoms with E-state index in [0.29, 0.717) is 41.3 Å². The summed E-state index contributed by atoms with van der Waals surface area (Å²) in [6.07, 6.45) is 0. The third-order valence-electron chi connectivity index (χ3n) is 3.48. The van der Waals surface area contributed by atoms with Gasteiger partial charge in [0.25, 0.3) is 11.1 Å². The Morgan fingerprint density at radius 2 is 1.96 bits per heavy atom. The van der Waals surface area contributed by atoms with Gasteiger partial charge in [0.1, 0.15) is 11.5 Å². The van der Waals surface area contributed by atoms with E-state index in [2.05, 4.69) is 10.2 Å². The molecule has 0 aliphatic carbocycles. The van der Waals surface area contributed by atoms with Gasteiger partial charge in [-0.3, -0.25) is 4.79 Å².